The molecule has 0 unspecified atom stereocenters. The van der Waals surface area contributed by atoms with E-state index in [0.717, 1.165) is 12.5 Å². The summed E-state index contributed by atoms with van der Waals surface area (Å²) in [4.78, 5) is 26.0. The first-order valence-corrected chi connectivity index (χ1v) is 12.9. The van der Waals surface area contributed by atoms with Gasteiger partial charge in [0.2, 0.25) is 5.91 Å². The van der Waals surface area contributed by atoms with Gasteiger partial charge in [-0.15, -0.1) is 0 Å². The van der Waals surface area contributed by atoms with Crippen LogP contribution in [-0.4, -0.2) is 50.0 Å². The molecule has 1 heterocycles. The van der Waals surface area contributed by atoms with Gasteiger partial charge in [0.15, 0.2) is 9.84 Å². The van der Waals surface area contributed by atoms with Gasteiger partial charge < -0.3 is 16.4 Å². The highest BCUT2D eigenvalue weighted by Crippen LogP contribution is 2.24. The van der Waals surface area contributed by atoms with Crippen molar-refractivity contribution >= 4 is 38.9 Å². The number of benzene rings is 2. The topological polar surface area (TPSA) is 122 Å². The fourth-order valence-corrected chi connectivity index (χ4v) is 5.30. The summed E-state index contributed by atoms with van der Waals surface area (Å²) in [5.74, 6) is -1.40. The standard InChI is InChI=1S/C23H28ClFN4O4S/c1-3-34(32,33)22-5-4-17(24)8-15(22)11-27-23(31)19-10-20(25)16(9-21(19)26)12-29-7-6-18(13-29)28-14(2)30/h4-5,8-10,18H,3,6-7,11-13,26H2,1-2H3,(H,27,31)(H,28,30)/t18-/m0/s1. The third-order valence-corrected chi connectivity index (χ3v) is 7.78. The monoisotopic (exact) mass is 510 g/mol. The van der Waals surface area contributed by atoms with Crippen LogP contribution < -0.4 is 16.4 Å². The molecule has 0 radical (unpaired) electrons. The predicted octanol–water partition coefficient (Wildman–Crippen LogP) is 2.50. The molecule has 0 aliphatic carbocycles. The number of likely N-dealkylation sites (tertiary alicyclic amines) is 1. The van der Waals surface area contributed by atoms with E-state index < -0.39 is 21.6 Å². The van der Waals surface area contributed by atoms with Crippen LogP contribution in [0.2, 0.25) is 5.02 Å². The van der Waals surface area contributed by atoms with Gasteiger partial charge in [-0.3, -0.25) is 14.5 Å². The van der Waals surface area contributed by atoms with Gasteiger partial charge in [-0.05, 0) is 42.3 Å². The quantitative estimate of drug-likeness (QED) is 0.469. The van der Waals surface area contributed by atoms with E-state index in [9.17, 15) is 22.4 Å². The SMILES string of the molecule is CCS(=O)(=O)c1ccc(Cl)cc1CNC(=O)c1cc(F)c(CN2CC[C@H](NC(C)=O)C2)cc1N. The summed E-state index contributed by atoms with van der Waals surface area (Å²) in [5, 5.41) is 5.79. The predicted molar refractivity (Wildman–Crippen MR) is 129 cm³/mol. The van der Waals surface area contributed by atoms with Gasteiger partial charge in [0.1, 0.15) is 5.82 Å². The summed E-state index contributed by atoms with van der Waals surface area (Å²) in [6.45, 7) is 4.48. The minimum Gasteiger partial charge on any atom is -0.398 e. The highest BCUT2D eigenvalue weighted by molar-refractivity contribution is 7.91. The van der Waals surface area contributed by atoms with Gasteiger partial charge in [0.25, 0.3) is 5.91 Å². The zero-order valence-corrected chi connectivity index (χ0v) is 20.6. The lowest BCUT2D eigenvalue weighted by Crippen LogP contribution is -2.35. The average Bonchev–Trinajstić information content (AvgIpc) is 3.20. The molecule has 2 aromatic rings. The molecule has 184 valence electrons. The first kappa shape index (κ1) is 25.9. The number of carbonyl (C=O) groups excluding carboxylic acids is 2. The molecule has 1 fully saturated rings. The third kappa shape index (κ3) is 6.25. The maximum atomic E-state index is 14.8. The van der Waals surface area contributed by atoms with Crippen molar-refractivity contribution in [1.82, 2.24) is 15.5 Å². The zero-order chi connectivity index (χ0) is 25.0. The smallest absolute Gasteiger partial charge is 0.253 e. The Morgan fingerprint density at radius 3 is 2.65 bits per heavy atom. The summed E-state index contributed by atoms with van der Waals surface area (Å²) in [7, 11) is -3.52. The molecule has 2 amide bonds. The Balaban J connectivity index is 1.71. The van der Waals surface area contributed by atoms with E-state index in [-0.39, 0.29) is 40.4 Å². The van der Waals surface area contributed by atoms with Gasteiger partial charge in [-0.2, -0.15) is 0 Å². The number of hydrogen-bond donors (Lipinski definition) is 3. The van der Waals surface area contributed by atoms with Crippen LogP contribution in [0.15, 0.2) is 35.2 Å². The number of nitrogens with one attached hydrogen (secondary N) is 2. The highest BCUT2D eigenvalue weighted by atomic mass is 35.5. The summed E-state index contributed by atoms with van der Waals surface area (Å²) in [6, 6.07) is 6.89. The van der Waals surface area contributed by atoms with Gasteiger partial charge in [-0.1, -0.05) is 18.5 Å². The van der Waals surface area contributed by atoms with Crippen LogP contribution in [0.4, 0.5) is 10.1 Å². The second-order valence-electron chi connectivity index (χ2n) is 8.29. The molecule has 2 aromatic carbocycles. The Bertz CT molecular complexity index is 1210. The number of nitrogens with two attached hydrogens (primary N) is 1. The van der Waals surface area contributed by atoms with E-state index in [1.54, 1.807) is 0 Å². The van der Waals surface area contributed by atoms with Gasteiger partial charge in [0, 0.05) is 55.4 Å². The van der Waals surface area contributed by atoms with Gasteiger partial charge in [0.05, 0.1) is 16.2 Å². The number of hydrogen-bond acceptors (Lipinski definition) is 6. The molecule has 4 N–H and O–H groups in total. The van der Waals surface area contributed by atoms with Crippen molar-refractivity contribution < 1.29 is 22.4 Å². The lowest BCUT2D eigenvalue weighted by atomic mass is 10.1. The minimum absolute atomic E-state index is 0.0239. The van der Waals surface area contributed by atoms with Crippen LogP contribution >= 0.6 is 11.6 Å². The van der Waals surface area contributed by atoms with E-state index >= 15 is 0 Å². The number of amides is 2. The Labute approximate surface area is 203 Å². The molecular weight excluding hydrogens is 483 g/mol. The van der Waals surface area contributed by atoms with Crippen molar-refractivity contribution in [1.29, 1.82) is 0 Å². The third-order valence-electron chi connectivity index (χ3n) is 5.71. The highest BCUT2D eigenvalue weighted by Gasteiger charge is 2.25. The Kier molecular flexibility index (Phi) is 8.17. The molecule has 0 aromatic heterocycles. The number of sulfone groups is 1. The fourth-order valence-electron chi connectivity index (χ4n) is 3.99. The largest absolute Gasteiger partial charge is 0.398 e. The second kappa shape index (κ2) is 10.7. The van der Waals surface area contributed by atoms with Crippen molar-refractivity contribution in [2.75, 3.05) is 24.6 Å². The fraction of sp³-hybridized carbons (Fsp3) is 0.391. The van der Waals surface area contributed by atoms with Crippen molar-refractivity contribution in [2.45, 2.75) is 44.3 Å². The Morgan fingerprint density at radius 2 is 1.97 bits per heavy atom. The molecule has 11 heteroatoms. The van der Waals surface area contributed by atoms with E-state index in [0.29, 0.717) is 35.8 Å². The van der Waals surface area contributed by atoms with Crippen molar-refractivity contribution in [3.63, 3.8) is 0 Å². The van der Waals surface area contributed by atoms with Crippen LogP contribution in [0.25, 0.3) is 0 Å². The molecule has 1 atom stereocenters. The van der Waals surface area contributed by atoms with Crippen molar-refractivity contribution in [3.8, 4) is 0 Å². The van der Waals surface area contributed by atoms with Gasteiger partial charge in [-0.25, -0.2) is 12.8 Å². The summed E-state index contributed by atoms with van der Waals surface area (Å²) >= 11 is 6.01. The molecule has 8 nitrogen and oxygen atoms in total. The molecule has 0 saturated carbocycles. The minimum atomic E-state index is -3.52. The first-order valence-electron chi connectivity index (χ1n) is 10.9. The molecule has 1 aliphatic rings. The number of nitrogens with zero attached hydrogens (tertiary/aromatic N) is 1. The number of halogens is 2. The molecule has 0 bridgehead atoms. The van der Waals surface area contributed by atoms with E-state index in [1.807, 2.05) is 4.90 Å². The summed E-state index contributed by atoms with van der Waals surface area (Å²) in [6.07, 6.45) is 0.774. The van der Waals surface area contributed by atoms with Crippen LogP contribution in [0.3, 0.4) is 0 Å². The van der Waals surface area contributed by atoms with E-state index in [1.165, 1.54) is 38.1 Å². The zero-order valence-electron chi connectivity index (χ0n) is 19.0. The van der Waals surface area contributed by atoms with E-state index in [4.69, 9.17) is 17.3 Å². The molecular formula is C23H28ClFN4O4S. The summed E-state index contributed by atoms with van der Waals surface area (Å²) in [5.41, 5.74) is 6.81. The van der Waals surface area contributed by atoms with Crippen LogP contribution in [0, 0.1) is 5.82 Å². The lowest BCUT2D eigenvalue weighted by molar-refractivity contribution is -0.119. The maximum Gasteiger partial charge on any atom is 0.253 e. The van der Waals surface area contributed by atoms with Gasteiger partial charge >= 0.3 is 0 Å². The van der Waals surface area contributed by atoms with Crippen LogP contribution in [0.1, 0.15) is 41.8 Å². The van der Waals surface area contributed by atoms with Crippen molar-refractivity contribution in [2.24, 2.45) is 0 Å². The molecule has 0 spiro atoms. The number of anilines is 1. The average molecular weight is 511 g/mol. The Hall–Kier alpha value is -2.69. The van der Waals surface area contributed by atoms with Crippen LogP contribution in [-0.2, 0) is 27.7 Å². The number of nitrogen functional groups attached to an aromatic ring is 1. The number of rotatable bonds is 8. The van der Waals surface area contributed by atoms with Crippen molar-refractivity contribution in [3.05, 3.63) is 57.9 Å². The number of carbonyl (C=O) groups is 2. The molecule has 1 aliphatic heterocycles. The second-order valence-corrected chi connectivity index (χ2v) is 11.0. The normalized spacial score (nSPS) is 16.4. The molecule has 3 rings (SSSR count). The molecule has 34 heavy (non-hydrogen) atoms. The maximum absolute atomic E-state index is 14.8. The lowest BCUT2D eigenvalue weighted by Gasteiger charge is -2.18. The first-order chi connectivity index (χ1) is 16.0. The molecule has 1 saturated heterocycles. The van der Waals surface area contributed by atoms with Crippen LogP contribution in [0.5, 0.6) is 0 Å². The van der Waals surface area contributed by atoms with E-state index in [2.05, 4.69) is 10.6 Å². The summed E-state index contributed by atoms with van der Waals surface area (Å²) < 4.78 is 39.5. The Morgan fingerprint density at radius 1 is 1.24 bits per heavy atom.